The predicted octanol–water partition coefficient (Wildman–Crippen LogP) is 0.537. The summed E-state index contributed by atoms with van der Waals surface area (Å²) in [7, 11) is 0. The number of aromatic nitrogens is 2. The first-order valence-electron chi connectivity index (χ1n) is 8.71. The number of rotatable bonds is 7. The van der Waals surface area contributed by atoms with Crippen molar-refractivity contribution in [1.82, 2.24) is 20.0 Å². The number of ether oxygens (including phenoxy) is 1. The van der Waals surface area contributed by atoms with Gasteiger partial charge in [-0.25, -0.2) is 4.79 Å². The average molecular weight is 443 g/mol. The maximum Gasteiger partial charge on any atom is 0.352 e. The Kier molecular flexibility index (Phi) is 6.18. The Morgan fingerprint density at radius 2 is 2.17 bits per heavy atom. The summed E-state index contributed by atoms with van der Waals surface area (Å²) in [5.41, 5.74) is 0.818. The third kappa shape index (κ3) is 4.40. The molecule has 0 bridgehead atoms. The Morgan fingerprint density at radius 3 is 2.76 bits per heavy atom. The minimum Gasteiger partial charge on any atom is -0.477 e. The molecule has 156 valence electrons. The van der Waals surface area contributed by atoms with Crippen LogP contribution in [0.25, 0.3) is 0 Å². The van der Waals surface area contributed by atoms with Gasteiger partial charge in [-0.05, 0) is 6.92 Å². The molecular weight excluding hydrogens is 424 g/mol. The van der Waals surface area contributed by atoms with E-state index in [0.717, 1.165) is 4.90 Å². The molecule has 2 amide bonds. The maximum atomic E-state index is 12.5. The van der Waals surface area contributed by atoms with Gasteiger partial charge >= 0.3 is 11.9 Å². The van der Waals surface area contributed by atoms with Gasteiger partial charge in [-0.3, -0.25) is 24.0 Å². The van der Waals surface area contributed by atoms with Gasteiger partial charge in [0.25, 0.3) is 5.91 Å². The number of aliphatic carboxylic acids is 1. The van der Waals surface area contributed by atoms with Crippen LogP contribution in [0, 0.1) is 6.92 Å². The SMILES string of the molecule is CC(=O)OCC1=C(C(=O)O)N2C(=O)[C@H](NC(=O)CCn3cc(Cl)c(C)n3)[C@H]2SC1. The molecule has 2 aliphatic heterocycles. The zero-order valence-corrected chi connectivity index (χ0v) is 17.2. The van der Waals surface area contributed by atoms with E-state index in [-0.39, 0.29) is 30.4 Å². The van der Waals surface area contributed by atoms with Gasteiger partial charge in [-0.1, -0.05) is 11.6 Å². The molecule has 3 rings (SSSR count). The number of amides is 2. The number of carbonyl (C=O) groups is 4. The fraction of sp³-hybridized carbons (Fsp3) is 0.471. The topological polar surface area (TPSA) is 131 Å². The molecule has 12 heteroatoms. The fourth-order valence-corrected chi connectivity index (χ4v) is 4.53. The van der Waals surface area contributed by atoms with Gasteiger partial charge in [0.15, 0.2) is 0 Å². The van der Waals surface area contributed by atoms with Crippen LogP contribution in [0.15, 0.2) is 17.5 Å². The van der Waals surface area contributed by atoms with Crippen molar-refractivity contribution in [1.29, 1.82) is 0 Å². The number of halogens is 1. The first-order chi connectivity index (χ1) is 13.7. The molecule has 0 radical (unpaired) electrons. The second kappa shape index (κ2) is 8.46. The molecule has 0 aromatic carbocycles. The lowest BCUT2D eigenvalue weighted by Crippen LogP contribution is -2.70. The van der Waals surface area contributed by atoms with Crippen LogP contribution in [-0.2, 0) is 30.5 Å². The van der Waals surface area contributed by atoms with E-state index in [1.165, 1.54) is 18.7 Å². The Bertz CT molecular complexity index is 894. The summed E-state index contributed by atoms with van der Waals surface area (Å²) in [6.45, 7) is 3.08. The smallest absolute Gasteiger partial charge is 0.352 e. The molecule has 0 aliphatic carbocycles. The number of aryl methyl sites for hydroxylation is 2. The van der Waals surface area contributed by atoms with Gasteiger partial charge in [0.05, 0.1) is 10.7 Å². The molecule has 3 heterocycles. The zero-order valence-electron chi connectivity index (χ0n) is 15.7. The lowest BCUT2D eigenvalue weighted by molar-refractivity contribution is -0.151. The van der Waals surface area contributed by atoms with E-state index in [2.05, 4.69) is 10.4 Å². The first kappa shape index (κ1) is 21.2. The Balaban J connectivity index is 1.61. The van der Waals surface area contributed by atoms with Gasteiger partial charge in [-0.15, -0.1) is 11.8 Å². The summed E-state index contributed by atoms with van der Waals surface area (Å²) in [5, 5.41) is 16.3. The number of thioether (sulfide) groups is 1. The number of β-lactam (4-membered cyclic amide) rings is 1. The number of nitrogens with zero attached hydrogens (tertiary/aromatic N) is 3. The summed E-state index contributed by atoms with van der Waals surface area (Å²) in [6.07, 6.45) is 1.71. The number of hydrogen-bond acceptors (Lipinski definition) is 7. The molecule has 29 heavy (non-hydrogen) atoms. The quantitative estimate of drug-likeness (QED) is 0.462. The summed E-state index contributed by atoms with van der Waals surface area (Å²) in [5.74, 6) is -2.39. The highest BCUT2D eigenvalue weighted by atomic mass is 35.5. The van der Waals surface area contributed by atoms with Crippen LogP contribution in [-0.4, -0.2) is 67.3 Å². The molecule has 1 saturated heterocycles. The van der Waals surface area contributed by atoms with Crippen LogP contribution in [0.1, 0.15) is 19.0 Å². The van der Waals surface area contributed by atoms with E-state index in [9.17, 15) is 24.3 Å². The molecular formula is C17H19ClN4O6S. The largest absolute Gasteiger partial charge is 0.477 e. The molecule has 0 unspecified atom stereocenters. The van der Waals surface area contributed by atoms with Crippen LogP contribution < -0.4 is 5.32 Å². The van der Waals surface area contributed by atoms with Crippen molar-refractivity contribution < 1.29 is 29.0 Å². The highest BCUT2D eigenvalue weighted by Crippen LogP contribution is 2.40. The van der Waals surface area contributed by atoms with Crippen molar-refractivity contribution in [2.75, 3.05) is 12.4 Å². The molecule has 10 nitrogen and oxygen atoms in total. The number of hydrogen-bond donors (Lipinski definition) is 2. The van der Waals surface area contributed by atoms with Crippen LogP contribution in [0.5, 0.6) is 0 Å². The monoisotopic (exact) mass is 442 g/mol. The summed E-state index contributed by atoms with van der Waals surface area (Å²) >= 11 is 7.24. The lowest BCUT2D eigenvalue weighted by Gasteiger charge is -2.49. The number of carboxylic acids is 1. The van der Waals surface area contributed by atoms with Gasteiger partial charge in [0.1, 0.15) is 23.7 Å². The van der Waals surface area contributed by atoms with Crippen molar-refractivity contribution in [3.63, 3.8) is 0 Å². The van der Waals surface area contributed by atoms with Gasteiger partial charge in [0.2, 0.25) is 5.91 Å². The van der Waals surface area contributed by atoms with E-state index in [1.807, 2.05) is 0 Å². The third-order valence-corrected chi connectivity index (χ3v) is 6.18. The predicted molar refractivity (Wildman–Crippen MR) is 103 cm³/mol. The molecule has 2 N–H and O–H groups in total. The second-order valence-corrected chi connectivity index (χ2v) is 8.08. The van der Waals surface area contributed by atoms with Crippen LogP contribution in [0.3, 0.4) is 0 Å². The second-order valence-electron chi connectivity index (χ2n) is 6.57. The standard InChI is InChI=1S/C17H19ClN4O6S/c1-8-11(18)5-21(20-8)4-3-12(24)19-13-15(25)22-14(17(26)27)10(6-28-9(2)23)7-29-16(13)22/h5,13,16H,3-4,6-7H2,1-2H3,(H,19,24)(H,26,27)/t13-,16+/m0/s1. The molecule has 2 aliphatic rings. The Morgan fingerprint density at radius 1 is 1.45 bits per heavy atom. The van der Waals surface area contributed by atoms with E-state index in [4.69, 9.17) is 16.3 Å². The van der Waals surface area contributed by atoms with E-state index >= 15 is 0 Å². The highest BCUT2D eigenvalue weighted by Gasteiger charge is 2.54. The first-order valence-corrected chi connectivity index (χ1v) is 10.1. The van der Waals surface area contributed by atoms with Crippen LogP contribution in [0.4, 0.5) is 0 Å². The van der Waals surface area contributed by atoms with Crippen molar-refractivity contribution in [3.8, 4) is 0 Å². The summed E-state index contributed by atoms with van der Waals surface area (Å²) in [6, 6.07) is -0.805. The summed E-state index contributed by atoms with van der Waals surface area (Å²) < 4.78 is 6.43. The van der Waals surface area contributed by atoms with Crippen LogP contribution >= 0.6 is 23.4 Å². The molecule has 0 spiro atoms. The molecule has 2 atom stereocenters. The third-order valence-electron chi connectivity index (χ3n) is 4.47. The Hall–Kier alpha value is -2.53. The number of carboxylic acid groups (broad SMARTS) is 1. The van der Waals surface area contributed by atoms with E-state index in [0.29, 0.717) is 22.8 Å². The Labute approximate surface area is 175 Å². The van der Waals surface area contributed by atoms with E-state index < -0.39 is 29.3 Å². The fourth-order valence-electron chi connectivity index (χ4n) is 3.05. The minimum absolute atomic E-state index is 0.0952. The molecule has 1 fully saturated rings. The van der Waals surface area contributed by atoms with Crippen molar-refractivity contribution in [2.24, 2.45) is 0 Å². The van der Waals surface area contributed by atoms with Gasteiger partial charge < -0.3 is 15.2 Å². The number of fused-ring (bicyclic) bond motifs is 1. The van der Waals surface area contributed by atoms with Crippen molar-refractivity contribution in [2.45, 2.75) is 38.2 Å². The minimum atomic E-state index is -1.28. The normalized spacial score (nSPS) is 20.8. The number of esters is 1. The average Bonchev–Trinajstić information content (AvgIpc) is 2.99. The zero-order chi connectivity index (χ0) is 21.3. The van der Waals surface area contributed by atoms with Gasteiger partial charge in [0, 0.05) is 37.4 Å². The summed E-state index contributed by atoms with van der Waals surface area (Å²) in [4.78, 5) is 48.5. The highest BCUT2D eigenvalue weighted by molar-refractivity contribution is 8.00. The van der Waals surface area contributed by atoms with Crippen LogP contribution in [0.2, 0.25) is 5.02 Å². The molecule has 1 aromatic heterocycles. The number of nitrogens with one attached hydrogen (secondary N) is 1. The number of carbonyl (C=O) groups excluding carboxylic acids is 3. The molecule has 1 aromatic rings. The van der Waals surface area contributed by atoms with E-state index in [1.54, 1.807) is 17.8 Å². The lowest BCUT2D eigenvalue weighted by atomic mass is 10.0. The molecule has 0 saturated carbocycles. The van der Waals surface area contributed by atoms with Crippen molar-refractivity contribution >= 4 is 47.1 Å². The van der Waals surface area contributed by atoms with Crippen molar-refractivity contribution in [3.05, 3.63) is 28.2 Å². The van der Waals surface area contributed by atoms with Gasteiger partial charge in [-0.2, -0.15) is 5.10 Å². The maximum absolute atomic E-state index is 12.5.